The second-order valence-corrected chi connectivity index (χ2v) is 8.68. The number of likely N-dealkylation sites (tertiary alicyclic amines) is 1. The van der Waals surface area contributed by atoms with Gasteiger partial charge in [0.25, 0.3) is 5.91 Å². The van der Waals surface area contributed by atoms with Gasteiger partial charge in [-0.15, -0.1) is 0 Å². The summed E-state index contributed by atoms with van der Waals surface area (Å²) in [5.74, 6) is 1.41. The molecule has 1 unspecified atom stereocenters. The van der Waals surface area contributed by atoms with Gasteiger partial charge in [0, 0.05) is 39.6 Å². The number of para-hydroxylation sites is 1. The first-order chi connectivity index (χ1) is 16.0. The van der Waals surface area contributed by atoms with Crippen molar-refractivity contribution in [3.05, 3.63) is 72.7 Å². The molecule has 0 radical (unpaired) electrons. The lowest BCUT2D eigenvalue weighted by molar-refractivity contribution is -0.132. The molecule has 2 aliphatic heterocycles. The quantitative estimate of drug-likeness (QED) is 0.603. The summed E-state index contributed by atoms with van der Waals surface area (Å²) in [6.45, 7) is 1.25. The second-order valence-electron chi connectivity index (χ2n) is 8.68. The van der Waals surface area contributed by atoms with Gasteiger partial charge in [0.15, 0.2) is 12.4 Å². The van der Waals surface area contributed by atoms with E-state index < -0.39 is 5.54 Å². The summed E-state index contributed by atoms with van der Waals surface area (Å²) in [7, 11) is 3.52. The molecule has 1 saturated heterocycles. The fraction of sp³-hybridized carbons (Fsp3) is 0.320. The topological polar surface area (TPSA) is 70.9 Å². The molecule has 1 aromatic carbocycles. The summed E-state index contributed by atoms with van der Waals surface area (Å²) < 4.78 is 7.79. The van der Waals surface area contributed by atoms with Gasteiger partial charge in [-0.1, -0.05) is 18.2 Å². The van der Waals surface area contributed by atoms with Gasteiger partial charge in [-0.2, -0.15) is 0 Å². The molecule has 4 heterocycles. The van der Waals surface area contributed by atoms with Crippen molar-refractivity contribution < 1.29 is 14.3 Å². The fourth-order valence-corrected chi connectivity index (χ4v) is 4.80. The summed E-state index contributed by atoms with van der Waals surface area (Å²) in [6, 6.07) is 17.3. The lowest BCUT2D eigenvalue weighted by Gasteiger charge is -2.46. The average molecular weight is 446 g/mol. The Labute approximate surface area is 193 Å². The van der Waals surface area contributed by atoms with Gasteiger partial charge >= 0.3 is 0 Å². The van der Waals surface area contributed by atoms with E-state index in [0.717, 1.165) is 17.2 Å². The summed E-state index contributed by atoms with van der Waals surface area (Å²) >= 11 is 0. The zero-order valence-electron chi connectivity index (χ0n) is 18.8. The molecule has 5 rings (SSSR count). The molecule has 2 aliphatic rings. The van der Waals surface area contributed by atoms with Gasteiger partial charge in [0.05, 0.1) is 17.9 Å². The highest BCUT2D eigenvalue weighted by molar-refractivity contribution is 5.84. The van der Waals surface area contributed by atoms with Crippen molar-refractivity contribution >= 4 is 17.5 Å². The first kappa shape index (κ1) is 21.1. The lowest BCUT2D eigenvalue weighted by atomic mass is 9.88. The fourth-order valence-electron chi connectivity index (χ4n) is 4.80. The molecule has 0 bridgehead atoms. The minimum absolute atomic E-state index is 0.00127. The van der Waals surface area contributed by atoms with Gasteiger partial charge in [0.2, 0.25) is 5.91 Å². The monoisotopic (exact) mass is 445 g/mol. The number of hydrogen-bond donors (Lipinski definition) is 0. The normalized spacial score (nSPS) is 18.7. The predicted molar refractivity (Wildman–Crippen MR) is 124 cm³/mol. The number of benzene rings is 1. The Bertz CT molecular complexity index is 1180. The van der Waals surface area contributed by atoms with E-state index in [2.05, 4.69) is 20.5 Å². The Balaban J connectivity index is 1.46. The number of carbonyl (C=O) groups is 2. The minimum Gasteiger partial charge on any atom is -0.484 e. The maximum atomic E-state index is 13.1. The molecule has 2 aromatic heterocycles. The van der Waals surface area contributed by atoms with E-state index in [-0.39, 0.29) is 25.0 Å². The van der Waals surface area contributed by atoms with Crippen LogP contribution in [0.25, 0.3) is 5.82 Å². The number of amides is 2. The molecule has 3 aromatic rings. The Morgan fingerprint density at radius 1 is 1.09 bits per heavy atom. The molecule has 2 amide bonds. The van der Waals surface area contributed by atoms with Gasteiger partial charge in [-0.05, 0) is 42.8 Å². The number of rotatable bonds is 5. The number of ether oxygens (including phenoxy) is 1. The van der Waals surface area contributed by atoms with Crippen LogP contribution in [0.2, 0.25) is 0 Å². The highest BCUT2D eigenvalue weighted by Gasteiger charge is 2.51. The Hall–Kier alpha value is -3.81. The van der Waals surface area contributed by atoms with Crippen LogP contribution in [0.4, 0.5) is 5.69 Å². The smallest absolute Gasteiger partial charge is 0.260 e. The van der Waals surface area contributed by atoms with Gasteiger partial charge in [-0.25, -0.2) is 4.98 Å². The highest BCUT2D eigenvalue weighted by Crippen LogP contribution is 2.46. The van der Waals surface area contributed by atoms with E-state index in [1.54, 1.807) is 25.2 Å². The molecule has 170 valence electrons. The number of hydrogen-bond acceptors (Lipinski definition) is 5. The van der Waals surface area contributed by atoms with Crippen LogP contribution >= 0.6 is 0 Å². The Morgan fingerprint density at radius 3 is 2.70 bits per heavy atom. The molecule has 0 saturated carbocycles. The van der Waals surface area contributed by atoms with Crippen molar-refractivity contribution in [3.63, 3.8) is 0 Å². The Kier molecular flexibility index (Phi) is 5.28. The van der Waals surface area contributed by atoms with E-state index in [1.807, 2.05) is 59.6 Å². The van der Waals surface area contributed by atoms with Crippen LogP contribution in [0.5, 0.6) is 5.75 Å². The molecule has 8 heteroatoms. The zero-order valence-corrected chi connectivity index (χ0v) is 18.8. The van der Waals surface area contributed by atoms with Gasteiger partial charge in [-0.3, -0.25) is 9.59 Å². The first-order valence-electron chi connectivity index (χ1n) is 11.1. The molecule has 1 fully saturated rings. The number of carbonyl (C=O) groups excluding carboxylic acids is 2. The molecule has 8 nitrogen and oxygen atoms in total. The summed E-state index contributed by atoms with van der Waals surface area (Å²) in [4.78, 5) is 36.1. The summed E-state index contributed by atoms with van der Waals surface area (Å²) in [6.07, 6.45) is 4.47. The molecule has 1 spiro atoms. The van der Waals surface area contributed by atoms with E-state index in [1.165, 1.54) is 0 Å². The van der Waals surface area contributed by atoms with Crippen molar-refractivity contribution in [2.24, 2.45) is 0 Å². The molecule has 0 aliphatic carbocycles. The standard InChI is InChI=1S/C25H27N5O3/c1-27(2)22(31)16-30-20-10-6-13-26-24(20)29-14-7-11-21(29)25(30)12-15-28(18-25)23(32)17-33-19-8-4-3-5-9-19/h3-11,13-14H,12,15-18H2,1-2H3. The summed E-state index contributed by atoms with van der Waals surface area (Å²) in [5.41, 5.74) is 1.42. The van der Waals surface area contributed by atoms with Crippen LogP contribution in [-0.2, 0) is 15.1 Å². The van der Waals surface area contributed by atoms with Gasteiger partial charge < -0.3 is 24.0 Å². The van der Waals surface area contributed by atoms with E-state index >= 15 is 0 Å². The van der Waals surface area contributed by atoms with Crippen molar-refractivity contribution in [1.29, 1.82) is 0 Å². The average Bonchev–Trinajstić information content (AvgIpc) is 3.50. The van der Waals surface area contributed by atoms with Crippen molar-refractivity contribution in [3.8, 4) is 11.6 Å². The Morgan fingerprint density at radius 2 is 1.91 bits per heavy atom. The minimum atomic E-state index is -0.520. The number of likely N-dealkylation sites (N-methyl/N-ethyl adjacent to an activating group) is 1. The van der Waals surface area contributed by atoms with Crippen molar-refractivity contribution in [2.45, 2.75) is 12.0 Å². The number of aromatic nitrogens is 2. The van der Waals surface area contributed by atoms with Crippen molar-refractivity contribution in [1.82, 2.24) is 19.4 Å². The van der Waals surface area contributed by atoms with Crippen LogP contribution in [0.3, 0.4) is 0 Å². The predicted octanol–water partition coefficient (Wildman–Crippen LogP) is 2.29. The van der Waals surface area contributed by atoms with Crippen LogP contribution in [-0.4, -0.2) is 71.5 Å². The third-order valence-electron chi connectivity index (χ3n) is 6.53. The van der Waals surface area contributed by atoms with Crippen LogP contribution in [0.15, 0.2) is 67.0 Å². The van der Waals surface area contributed by atoms with Crippen LogP contribution in [0, 0.1) is 0 Å². The third-order valence-corrected chi connectivity index (χ3v) is 6.53. The molecule has 1 atom stereocenters. The number of pyridine rings is 1. The van der Waals surface area contributed by atoms with Gasteiger partial charge in [0.1, 0.15) is 11.3 Å². The van der Waals surface area contributed by atoms with E-state index in [4.69, 9.17) is 4.74 Å². The van der Waals surface area contributed by atoms with E-state index in [0.29, 0.717) is 25.3 Å². The second kappa shape index (κ2) is 8.27. The maximum Gasteiger partial charge on any atom is 0.260 e. The third kappa shape index (κ3) is 3.61. The zero-order chi connectivity index (χ0) is 23.0. The molecule has 0 N–H and O–H groups in total. The van der Waals surface area contributed by atoms with Crippen LogP contribution in [0.1, 0.15) is 12.1 Å². The van der Waals surface area contributed by atoms with Crippen molar-refractivity contribution in [2.75, 3.05) is 45.2 Å². The summed E-state index contributed by atoms with van der Waals surface area (Å²) in [5, 5.41) is 0. The number of nitrogens with zero attached hydrogens (tertiary/aromatic N) is 5. The first-order valence-corrected chi connectivity index (χ1v) is 11.1. The lowest BCUT2D eigenvalue weighted by Crippen LogP contribution is -2.55. The van der Waals surface area contributed by atoms with Crippen LogP contribution < -0.4 is 9.64 Å². The maximum absolute atomic E-state index is 13.1. The van der Waals surface area contributed by atoms with E-state index in [9.17, 15) is 9.59 Å². The molecular formula is C25H27N5O3. The number of anilines is 1. The molecular weight excluding hydrogens is 418 g/mol. The number of fused-ring (bicyclic) bond motifs is 4. The molecule has 33 heavy (non-hydrogen) atoms. The largest absolute Gasteiger partial charge is 0.484 e. The SMILES string of the molecule is CN(C)C(=O)CN1c2cccnc2-n2cccc2C12CCN(C(=O)COc1ccccc1)C2. The highest BCUT2D eigenvalue weighted by atomic mass is 16.5.